The molecule has 0 aromatic heterocycles. The lowest BCUT2D eigenvalue weighted by molar-refractivity contribution is -0.140. The second-order valence-corrected chi connectivity index (χ2v) is 3.98. The fourth-order valence-electron chi connectivity index (χ4n) is 0.359. The van der Waals surface area contributed by atoms with Crippen LogP contribution in [0.4, 0.5) is 0 Å². The molecule has 3 nitrogen and oxygen atoms in total. The molecule has 0 spiro atoms. The van der Waals surface area contributed by atoms with Crippen molar-refractivity contribution in [2.45, 2.75) is 12.0 Å². The van der Waals surface area contributed by atoms with Crippen LogP contribution in [0.2, 0.25) is 0 Å². The minimum atomic E-state index is -1.67. The van der Waals surface area contributed by atoms with Gasteiger partial charge in [0.2, 0.25) is 0 Å². The Labute approximate surface area is 65.5 Å². The lowest BCUT2D eigenvalue weighted by Gasteiger charge is -1.96. The molecule has 0 aromatic rings. The van der Waals surface area contributed by atoms with Gasteiger partial charge in [0.1, 0.15) is 6.66 Å². The number of hydrogen-bond acceptors (Lipinski definition) is 3. The van der Waals surface area contributed by atoms with Gasteiger partial charge < -0.3 is 4.74 Å². The summed E-state index contributed by atoms with van der Waals surface area (Å²) in [5.74, 6) is -0.604. The molecular weight excluding hydrogens is 174 g/mol. The normalized spacial score (nSPS) is 14.1. The fraction of sp³-hybridized carbons (Fsp3) is 0.800. The number of esters is 1. The van der Waals surface area contributed by atoms with Gasteiger partial charge in [-0.2, -0.15) is 0 Å². The number of ether oxygens (including phenoxy) is 1. The van der Waals surface area contributed by atoms with E-state index in [1.807, 2.05) is 0 Å². The third-order valence-electron chi connectivity index (χ3n) is 0.800. The molecule has 0 fully saturated rings. The van der Waals surface area contributed by atoms with Crippen LogP contribution < -0.4 is 0 Å². The fourth-order valence-corrected chi connectivity index (χ4v) is 0.794. The molecule has 0 N–H and O–H groups in total. The number of alkyl halides is 1. The molecule has 2 atom stereocenters. The molecule has 0 saturated carbocycles. The topological polar surface area (TPSA) is 43.4 Å². The molecule has 0 bridgehead atoms. The average Bonchev–Trinajstić information content (AvgIpc) is 1.87. The Bertz CT molecular complexity index is 148. The molecule has 5 heteroatoms. The average molecular weight is 184 g/mol. The van der Waals surface area contributed by atoms with Gasteiger partial charge in [-0.15, -0.1) is 0 Å². The van der Waals surface area contributed by atoms with E-state index in [0.29, 0.717) is 0 Å². The Kier molecular flexibility index (Phi) is 4.58. The first-order chi connectivity index (χ1) is 4.59. The Balaban J connectivity index is 3.82. The summed E-state index contributed by atoms with van der Waals surface area (Å²) in [6.07, 6.45) is 0. The Morgan fingerprint density at radius 1 is 1.80 bits per heavy atom. The van der Waals surface area contributed by atoms with Gasteiger partial charge in [0.15, 0.2) is 0 Å². The van der Waals surface area contributed by atoms with E-state index >= 15 is 0 Å². The number of carbonyl (C=O) groups is 1. The predicted octanol–water partition coefficient (Wildman–Crippen LogP) is 1.57. The highest BCUT2D eigenvalue weighted by atomic mass is 35.5. The summed E-state index contributed by atoms with van der Waals surface area (Å²) in [7, 11) is -1.67. The third-order valence-corrected chi connectivity index (χ3v) is 2.65. The third kappa shape index (κ3) is 3.14. The maximum Gasteiger partial charge on any atom is 0.374 e. The molecule has 2 unspecified atom stereocenters. The highest BCUT2D eigenvalue weighted by Gasteiger charge is 2.31. The molecule has 0 amide bonds. The number of hydrogen-bond donors (Lipinski definition) is 0. The zero-order chi connectivity index (χ0) is 8.15. The lowest BCUT2D eigenvalue weighted by Crippen LogP contribution is -2.13. The maximum atomic E-state index is 10.6. The van der Waals surface area contributed by atoms with Crippen molar-refractivity contribution in [1.29, 1.82) is 0 Å². The summed E-state index contributed by atoms with van der Waals surface area (Å²) in [5.41, 5.74) is 0. The van der Waals surface area contributed by atoms with Gasteiger partial charge in [0, 0.05) is 0 Å². The quantitative estimate of drug-likeness (QED) is 0.379. The Morgan fingerprint density at radius 3 is 2.60 bits per heavy atom. The van der Waals surface area contributed by atoms with Crippen LogP contribution in [0.3, 0.4) is 0 Å². The van der Waals surface area contributed by atoms with Gasteiger partial charge in [0.05, 0.1) is 6.61 Å². The molecular formula is C5H9ClO3P+. The van der Waals surface area contributed by atoms with Crippen LogP contribution in [0.5, 0.6) is 0 Å². The predicted molar refractivity (Wildman–Crippen MR) is 39.8 cm³/mol. The molecule has 0 radical (unpaired) electrons. The number of carbonyl (C=O) groups excluding carboxylic acids is 1. The van der Waals surface area contributed by atoms with E-state index < -0.39 is 18.9 Å². The van der Waals surface area contributed by atoms with E-state index in [1.54, 1.807) is 6.92 Å². The minimum Gasteiger partial charge on any atom is -0.462 e. The summed E-state index contributed by atoms with van der Waals surface area (Å²) in [4.78, 5) is 10.6. The summed E-state index contributed by atoms with van der Waals surface area (Å²) in [6, 6.07) is 0. The number of rotatable bonds is 3. The zero-order valence-corrected chi connectivity index (χ0v) is 7.48. The smallest absolute Gasteiger partial charge is 0.374 e. The van der Waals surface area contributed by atoms with Crippen LogP contribution in [-0.2, 0) is 14.1 Å². The van der Waals surface area contributed by atoms with Gasteiger partial charge in [-0.25, -0.2) is 4.79 Å². The van der Waals surface area contributed by atoms with Gasteiger partial charge in [-0.05, 0) is 6.92 Å². The van der Waals surface area contributed by atoms with Crippen LogP contribution >= 0.6 is 19.4 Å². The molecule has 0 aliphatic rings. The van der Waals surface area contributed by atoms with E-state index in [1.165, 1.54) is 6.66 Å². The molecule has 0 heterocycles. The van der Waals surface area contributed by atoms with Crippen LogP contribution in [0, 0.1) is 0 Å². The van der Waals surface area contributed by atoms with Crippen molar-refractivity contribution in [1.82, 2.24) is 0 Å². The first kappa shape index (κ1) is 9.86. The Hall–Kier alpha value is -0.140. The second-order valence-electron chi connectivity index (χ2n) is 1.63. The van der Waals surface area contributed by atoms with Crippen molar-refractivity contribution in [3.63, 3.8) is 0 Å². The van der Waals surface area contributed by atoms with E-state index in [0.717, 1.165) is 0 Å². The van der Waals surface area contributed by atoms with Crippen LogP contribution in [0.25, 0.3) is 0 Å². The highest BCUT2D eigenvalue weighted by molar-refractivity contribution is 7.48. The molecule has 58 valence electrons. The van der Waals surface area contributed by atoms with Crippen LogP contribution in [0.15, 0.2) is 0 Å². The summed E-state index contributed by atoms with van der Waals surface area (Å²) in [6.45, 7) is 3.33. The zero-order valence-electron chi connectivity index (χ0n) is 5.83. The van der Waals surface area contributed by atoms with Crippen molar-refractivity contribution in [3.05, 3.63) is 0 Å². The molecule has 0 aromatic carbocycles. The first-order valence-electron chi connectivity index (χ1n) is 2.80. The van der Waals surface area contributed by atoms with Gasteiger partial charge in [0.25, 0.3) is 0 Å². The summed E-state index contributed by atoms with van der Waals surface area (Å²) in [5, 5.41) is -0.991. The highest BCUT2D eigenvalue weighted by Crippen LogP contribution is 2.27. The molecule has 0 saturated heterocycles. The van der Waals surface area contributed by atoms with Crippen molar-refractivity contribution in [2.24, 2.45) is 0 Å². The standard InChI is InChI=1S/C5H9ClO3P/c1-3-9-5(7)4(6)10(2)8/h4H,3H2,1-2H3/q+1. The first-order valence-corrected chi connectivity index (χ1v) is 5.01. The SMILES string of the molecule is CCOC(=O)C(Cl)[P+](C)=O. The van der Waals surface area contributed by atoms with Gasteiger partial charge in [-0.1, -0.05) is 16.2 Å². The van der Waals surface area contributed by atoms with E-state index in [-0.39, 0.29) is 6.61 Å². The Morgan fingerprint density at radius 2 is 2.30 bits per heavy atom. The molecule has 0 aliphatic heterocycles. The van der Waals surface area contributed by atoms with Crippen molar-refractivity contribution in [3.8, 4) is 0 Å². The van der Waals surface area contributed by atoms with Crippen LogP contribution in [-0.4, -0.2) is 24.4 Å². The molecule has 0 aliphatic carbocycles. The summed E-state index contributed by atoms with van der Waals surface area (Å²) < 4.78 is 15.1. The van der Waals surface area contributed by atoms with E-state index in [4.69, 9.17) is 11.6 Å². The van der Waals surface area contributed by atoms with Crippen molar-refractivity contribution >= 4 is 25.4 Å². The van der Waals surface area contributed by atoms with E-state index in [2.05, 4.69) is 4.74 Å². The summed E-state index contributed by atoms with van der Waals surface area (Å²) >= 11 is 5.39. The second kappa shape index (κ2) is 4.64. The molecule has 0 rings (SSSR count). The van der Waals surface area contributed by atoms with Crippen molar-refractivity contribution < 1.29 is 14.1 Å². The largest absolute Gasteiger partial charge is 0.462 e. The van der Waals surface area contributed by atoms with Gasteiger partial charge in [-0.3, -0.25) is 0 Å². The van der Waals surface area contributed by atoms with Crippen molar-refractivity contribution in [2.75, 3.05) is 13.3 Å². The minimum absolute atomic E-state index is 0.269. The number of halogens is 1. The van der Waals surface area contributed by atoms with E-state index in [9.17, 15) is 9.36 Å². The monoisotopic (exact) mass is 183 g/mol. The van der Waals surface area contributed by atoms with Crippen LogP contribution in [0.1, 0.15) is 6.92 Å². The van der Waals surface area contributed by atoms with Gasteiger partial charge >= 0.3 is 18.9 Å². The molecule has 10 heavy (non-hydrogen) atoms. The maximum absolute atomic E-state index is 10.6. The lowest BCUT2D eigenvalue weighted by atomic mass is 10.7.